The number of anilines is 1. The maximum Gasteiger partial charge on any atom is 0.254 e. The third kappa shape index (κ3) is 2.89. The number of nitrogens with two attached hydrogens (primary N) is 1. The molecular formula is C13H14FN5O. The predicted molar refractivity (Wildman–Crippen MR) is 72.1 cm³/mol. The number of hydrogen-bond donors (Lipinski definition) is 3. The van der Waals surface area contributed by atoms with Gasteiger partial charge in [-0.25, -0.2) is 15.2 Å². The van der Waals surface area contributed by atoms with Gasteiger partial charge in [-0.05, 0) is 24.6 Å². The highest BCUT2D eigenvalue weighted by Gasteiger charge is 2.15. The number of rotatable bonds is 4. The number of hydrogen-bond acceptors (Lipinski definition) is 5. The number of nitrogens with zero attached hydrogens (tertiary/aromatic N) is 2. The summed E-state index contributed by atoms with van der Waals surface area (Å²) in [5.74, 6) is 3.60. The number of amides is 1. The lowest BCUT2D eigenvalue weighted by atomic mass is 10.2. The molecule has 6 nitrogen and oxygen atoms in total. The van der Waals surface area contributed by atoms with Gasteiger partial charge < -0.3 is 10.7 Å². The molecule has 0 bridgehead atoms. The van der Waals surface area contributed by atoms with E-state index in [0.717, 1.165) is 11.3 Å². The third-order valence-electron chi connectivity index (χ3n) is 2.80. The maximum absolute atomic E-state index is 13.8. The molecule has 0 saturated carbocycles. The lowest BCUT2D eigenvalue weighted by Gasteiger charge is -2.09. The van der Waals surface area contributed by atoms with Crippen molar-refractivity contribution in [3.8, 4) is 0 Å². The Labute approximate surface area is 115 Å². The molecule has 104 valence electrons. The quantitative estimate of drug-likeness (QED) is 0.574. The van der Waals surface area contributed by atoms with Gasteiger partial charge in [-0.1, -0.05) is 6.07 Å². The summed E-state index contributed by atoms with van der Waals surface area (Å²) < 4.78 is 13.8. The van der Waals surface area contributed by atoms with Gasteiger partial charge in [0, 0.05) is 12.4 Å². The normalized spacial score (nSPS) is 10.2. The van der Waals surface area contributed by atoms with Crippen LogP contribution in [0.25, 0.3) is 0 Å². The van der Waals surface area contributed by atoms with Gasteiger partial charge in [-0.3, -0.25) is 9.78 Å². The van der Waals surface area contributed by atoms with E-state index < -0.39 is 11.7 Å². The van der Waals surface area contributed by atoms with Crippen LogP contribution < -0.4 is 16.6 Å². The monoisotopic (exact) mass is 275 g/mol. The summed E-state index contributed by atoms with van der Waals surface area (Å²) in [4.78, 5) is 19.8. The fraction of sp³-hybridized carbons (Fsp3) is 0.154. The molecule has 0 spiro atoms. The van der Waals surface area contributed by atoms with Crippen molar-refractivity contribution >= 4 is 11.7 Å². The van der Waals surface area contributed by atoms with Crippen LogP contribution in [0.3, 0.4) is 0 Å². The summed E-state index contributed by atoms with van der Waals surface area (Å²) in [6, 6.07) is 4.98. The zero-order chi connectivity index (χ0) is 14.5. The minimum absolute atomic E-state index is 0.124. The lowest BCUT2D eigenvalue weighted by molar-refractivity contribution is 0.0946. The third-order valence-corrected chi connectivity index (χ3v) is 2.80. The highest BCUT2D eigenvalue weighted by atomic mass is 19.1. The summed E-state index contributed by atoms with van der Waals surface area (Å²) in [7, 11) is 0. The van der Waals surface area contributed by atoms with Crippen LogP contribution >= 0.6 is 0 Å². The smallest absolute Gasteiger partial charge is 0.254 e. The number of aryl methyl sites for hydroxylation is 1. The number of nitrogens with one attached hydrogen (secondary N) is 2. The number of aromatic nitrogens is 2. The van der Waals surface area contributed by atoms with Crippen molar-refractivity contribution in [2.75, 3.05) is 5.43 Å². The lowest BCUT2D eigenvalue weighted by Crippen LogP contribution is -2.25. The van der Waals surface area contributed by atoms with E-state index in [9.17, 15) is 9.18 Å². The topological polar surface area (TPSA) is 92.9 Å². The Kier molecular flexibility index (Phi) is 4.21. The zero-order valence-corrected chi connectivity index (χ0v) is 10.9. The Hall–Kier alpha value is -2.54. The minimum atomic E-state index is -0.787. The van der Waals surface area contributed by atoms with Crippen LogP contribution in [0, 0.1) is 12.7 Å². The van der Waals surface area contributed by atoms with Gasteiger partial charge in [0.05, 0.1) is 17.8 Å². The van der Waals surface area contributed by atoms with Crippen LogP contribution in [0.1, 0.15) is 21.6 Å². The van der Waals surface area contributed by atoms with Crippen molar-refractivity contribution in [2.24, 2.45) is 5.84 Å². The molecule has 0 radical (unpaired) electrons. The second-order valence-electron chi connectivity index (χ2n) is 4.12. The molecule has 4 N–H and O–H groups in total. The fourth-order valence-corrected chi connectivity index (χ4v) is 1.68. The van der Waals surface area contributed by atoms with Gasteiger partial charge in [0.15, 0.2) is 11.6 Å². The standard InChI is InChI=1S/C13H14FN5O/c1-8-3-2-5-16-10(8)7-18-13(20)9-4-6-17-12(19-15)11(9)14/h2-6H,7,15H2,1H3,(H,17,19)(H,18,20). The van der Waals surface area contributed by atoms with Crippen LogP contribution in [0.15, 0.2) is 30.6 Å². The Balaban J connectivity index is 2.12. The fourth-order valence-electron chi connectivity index (χ4n) is 1.68. The molecule has 7 heteroatoms. The number of pyridine rings is 2. The van der Waals surface area contributed by atoms with E-state index in [1.54, 1.807) is 6.20 Å². The summed E-state index contributed by atoms with van der Waals surface area (Å²) in [6.45, 7) is 2.11. The highest BCUT2D eigenvalue weighted by Crippen LogP contribution is 2.14. The Morgan fingerprint density at radius 1 is 1.35 bits per heavy atom. The second kappa shape index (κ2) is 6.07. The van der Waals surface area contributed by atoms with Gasteiger partial charge in [-0.15, -0.1) is 0 Å². The average molecular weight is 275 g/mol. The molecule has 2 aromatic rings. The van der Waals surface area contributed by atoms with Gasteiger partial charge in [0.2, 0.25) is 0 Å². The first-order chi connectivity index (χ1) is 9.63. The summed E-state index contributed by atoms with van der Waals surface area (Å²) in [5.41, 5.74) is 3.65. The predicted octanol–water partition coefficient (Wildman–Crippen LogP) is 1.14. The Morgan fingerprint density at radius 3 is 2.85 bits per heavy atom. The summed E-state index contributed by atoms with van der Waals surface area (Å²) in [6.07, 6.45) is 2.94. The molecule has 0 aliphatic heterocycles. The summed E-state index contributed by atoms with van der Waals surface area (Å²) >= 11 is 0. The summed E-state index contributed by atoms with van der Waals surface area (Å²) in [5, 5.41) is 2.61. The van der Waals surface area contributed by atoms with Gasteiger partial charge in [0.1, 0.15) is 0 Å². The van der Waals surface area contributed by atoms with Crippen LogP contribution in [-0.2, 0) is 6.54 Å². The van der Waals surface area contributed by atoms with Crippen molar-refractivity contribution < 1.29 is 9.18 Å². The maximum atomic E-state index is 13.8. The zero-order valence-electron chi connectivity index (χ0n) is 10.9. The molecule has 0 aliphatic rings. The highest BCUT2D eigenvalue weighted by molar-refractivity contribution is 5.95. The van der Waals surface area contributed by atoms with Crippen molar-refractivity contribution in [1.29, 1.82) is 0 Å². The number of carbonyl (C=O) groups is 1. The Bertz CT molecular complexity index is 632. The molecule has 2 rings (SSSR count). The molecule has 0 aromatic carbocycles. The number of halogens is 1. The molecule has 2 aromatic heterocycles. The molecule has 0 unspecified atom stereocenters. The number of nitrogen functional groups attached to an aromatic ring is 1. The molecule has 0 fully saturated rings. The van der Waals surface area contributed by atoms with Crippen molar-refractivity contribution in [2.45, 2.75) is 13.5 Å². The molecule has 2 heterocycles. The Morgan fingerprint density at radius 2 is 2.15 bits per heavy atom. The van der Waals surface area contributed by atoms with Crippen molar-refractivity contribution in [1.82, 2.24) is 15.3 Å². The molecule has 0 atom stereocenters. The van der Waals surface area contributed by atoms with E-state index in [-0.39, 0.29) is 17.9 Å². The van der Waals surface area contributed by atoms with Gasteiger partial charge in [-0.2, -0.15) is 0 Å². The first-order valence-corrected chi connectivity index (χ1v) is 5.93. The molecular weight excluding hydrogens is 261 g/mol. The van der Waals surface area contributed by atoms with Crippen molar-refractivity contribution in [3.63, 3.8) is 0 Å². The number of carbonyl (C=O) groups excluding carboxylic acids is 1. The molecule has 0 saturated heterocycles. The number of hydrazine groups is 1. The minimum Gasteiger partial charge on any atom is -0.346 e. The van der Waals surface area contributed by atoms with Crippen LogP contribution in [0.5, 0.6) is 0 Å². The van der Waals surface area contributed by atoms with Gasteiger partial charge >= 0.3 is 0 Å². The molecule has 0 aliphatic carbocycles. The average Bonchev–Trinajstić information content (AvgIpc) is 2.46. The first kappa shape index (κ1) is 13.9. The van der Waals surface area contributed by atoms with E-state index in [2.05, 4.69) is 20.7 Å². The molecule has 1 amide bonds. The first-order valence-electron chi connectivity index (χ1n) is 5.93. The van der Waals surface area contributed by atoms with Crippen LogP contribution in [-0.4, -0.2) is 15.9 Å². The largest absolute Gasteiger partial charge is 0.346 e. The van der Waals surface area contributed by atoms with E-state index >= 15 is 0 Å². The van der Waals surface area contributed by atoms with E-state index in [1.807, 2.05) is 19.1 Å². The van der Waals surface area contributed by atoms with E-state index in [4.69, 9.17) is 5.84 Å². The van der Waals surface area contributed by atoms with Crippen LogP contribution in [0.4, 0.5) is 10.2 Å². The van der Waals surface area contributed by atoms with Gasteiger partial charge in [0.25, 0.3) is 5.91 Å². The van der Waals surface area contributed by atoms with Crippen LogP contribution in [0.2, 0.25) is 0 Å². The van der Waals surface area contributed by atoms with E-state index in [0.29, 0.717) is 0 Å². The van der Waals surface area contributed by atoms with Crippen molar-refractivity contribution in [3.05, 3.63) is 53.2 Å². The SMILES string of the molecule is Cc1cccnc1CNC(=O)c1ccnc(NN)c1F. The second-order valence-corrected chi connectivity index (χ2v) is 4.12. The molecule has 20 heavy (non-hydrogen) atoms. The van der Waals surface area contributed by atoms with E-state index in [1.165, 1.54) is 12.3 Å².